The number of rotatable bonds is 5. The van der Waals surface area contributed by atoms with Crippen LogP contribution in [0.3, 0.4) is 0 Å². The summed E-state index contributed by atoms with van der Waals surface area (Å²) in [6.45, 7) is 3.05. The number of hydrogen-bond donors (Lipinski definition) is 0. The zero-order valence-electron chi connectivity index (χ0n) is 17.6. The van der Waals surface area contributed by atoms with Crippen molar-refractivity contribution in [2.45, 2.75) is 38.5 Å². The second kappa shape index (κ2) is 10.3. The molecule has 2 fully saturated rings. The number of piperidine rings is 1. The molecule has 0 aliphatic carbocycles. The third kappa shape index (κ3) is 5.52. The van der Waals surface area contributed by atoms with Gasteiger partial charge in [0.1, 0.15) is 11.5 Å². The highest BCUT2D eigenvalue weighted by Crippen LogP contribution is 2.26. The number of carbonyl (C=O) groups is 2. The predicted molar refractivity (Wildman–Crippen MR) is 113 cm³/mol. The lowest BCUT2D eigenvalue weighted by molar-refractivity contribution is -0.139. The summed E-state index contributed by atoms with van der Waals surface area (Å²) in [7, 11) is 3.20. The number of ether oxygens (including phenoxy) is 2. The minimum atomic E-state index is -0.0245. The molecule has 6 nitrogen and oxygen atoms in total. The van der Waals surface area contributed by atoms with Crippen LogP contribution in [0.2, 0.25) is 0 Å². The van der Waals surface area contributed by atoms with Crippen LogP contribution >= 0.6 is 0 Å². The Hall–Kier alpha value is -2.50. The smallest absolute Gasteiger partial charge is 0.246 e. The average molecular weight is 401 g/mol. The molecular formula is C23H32N2O4. The van der Waals surface area contributed by atoms with Crippen LogP contribution in [-0.2, 0) is 9.59 Å². The molecule has 0 radical (unpaired) electrons. The van der Waals surface area contributed by atoms with Crippen molar-refractivity contribution in [2.24, 2.45) is 5.92 Å². The van der Waals surface area contributed by atoms with Gasteiger partial charge in [-0.15, -0.1) is 0 Å². The van der Waals surface area contributed by atoms with Crippen molar-refractivity contribution in [1.82, 2.24) is 9.80 Å². The molecule has 2 aliphatic heterocycles. The molecule has 6 heteroatoms. The van der Waals surface area contributed by atoms with Crippen LogP contribution in [0.4, 0.5) is 0 Å². The highest BCUT2D eigenvalue weighted by atomic mass is 16.5. The van der Waals surface area contributed by atoms with Crippen molar-refractivity contribution in [2.75, 3.05) is 40.4 Å². The first-order valence-corrected chi connectivity index (χ1v) is 10.6. The molecule has 0 atom stereocenters. The van der Waals surface area contributed by atoms with Crippen LogP contribution in [0.15, 0.2) is 24.3 Å². The van der Waals surface area contributed by atoms with Gasteiger partial charge in [-0.1, -0.05) is 12.8 Å². The fourth-order valence-electron chi connectivity index (χ4n) is 4.12. The van der Waals surface area contributed by atoms with Gasteiger partial charge < -0.3 is 19.3 Å². The first-order valence-electron chi connectivity index (χ1n) is 10.6. The summed E-state index contributed by atoms with van der Waals surface area (Å²) in [5, 5.41) is 0. The van der Waals surface area contributed by atoms with Crippen LogP contribution in [0, 0.1) is 5.92 Å². The molecule has 1 aromatic rings. The van der Waals surface area contributed by atoms with Crippen LogP contribution < -0.4 is 9.47 Å². The van der Waals surface area contributed by atoms with Crippen LogP contribution in [-0.4, -0.2) is 62.0 Å². The van der Waals surface area contributed by atoms with Crippen LogP contribution in [0.25, 0.3) is 6.08 Å². The minimum Gasteiger partial charge on any atom is -0.497 e. The van der Waals surface area contributed by atoms with E-state index >= 15 is 0 Å². The van der Waals surface area contributed by atoms with Crippen molar-refractivity contribution >= 4 is 17.9 Å². The minimum absolute atomic E-state index is 0.0245. The van der Waals surface area contributed by atoms with Crippen LogP contribution in [0.1, 0.15) is 44.1 Å². The van der Waals surface area contributed by atoms with Crippen molar-refractivity contribution in [1.29, 1.82) is 0 Å². The summed E-state index contributed by atoms with van der Waals surface area (Å²) in [5.41, 5.74) is 0.827. The first-order chi connectivity index (χ1) is 14.1. The van der Waals surface area contributed by atoms with E-state index in [1.807, 2.05) is 21.9 Å². The Balaban J connectivity index is 1.53. The van der Waals surface area contributed by atoms with Crippen molar-refractivity contribution in [3.05, 3.63) is 29.8 Å². The number of benzene rings is 1. The van der Waals surface area contributed by atoms with Crippen molar-refractivity contribution in [3.8, 4) is 11.5 Å². The van der Waals surface area contributed by atoms with Gasteiger partial charge in [0.05, 0.1) is 14.2 Å². The molecule has 2 heterocycles. The van der Waals surface area contributed by atoms with E-state index < -0.39 is 0 Å². The zero-order valence-corrected chi connectivity index (χ0v) is 17.6. The topological polar surface area (TPSA) is 59.1 Å². The van der Waals surface area contributed by atoms with Crippen LogP contribution in [0.5, 0.6) is 11.5 Å². The van der Waals surface area contributed by atoms with Gasteiger partial charge in [-0.05, 0) is 43.9 Å². The summed E-state index contributed by atoms with van der Waals surface area (Å²) in [6.07, 6.45) is 9.54. The first kappa shape index (κ1) is 21.2. The van der Waals surface area contributed by atoms with Crippen molar-refractivity contribution in [3.63, 3.8) is 0 Å². The lowest BCUT2D eigenvalue weighted by Crippen LogP contribution is -2.44. The highest BCUT2D eigenvalue weighted by Gasteiger charge is 2.29. The van der Waals surface area contributed by atoms with E-state index in [-0.39, 0.29) is 17.7 Å². The molecular weight excluding hydrogens is 368 g/mol. The predicted octanol–water partition coefficient (Wildman–Crippen LogP) is 3.36. The van der Waals surface area contributed by atoms with Gasteiger partial charge in [-0.25, -0.2) is 0 Å². The number of methoxy groups -OCH3 is 2. The highest BCUT2D eigenvalue weighted by molar-refractivity contribution is 5.92. The molecule has 0 saturated carbocycles. The lowest BCUT2D eigenvalue weighted by atomic mass is 9.95. The average Bonchev–Trinajstić information content (AvgIpc) is 3.06. The number of nitrogens with zero attached hydrogens (tertiary/aromatic N) is 2. The third-order valence-corrected chi connectivity index (χ3v) is 5.92. The normalized spacial score (nSPS) is 18.6. The number of likely N-dealkylation sites (tertiary alicyclic amines) is 2. The van der Waals surface area contributed by atoms with Gasteiger partial charge >= 0.3 is 0 Å². The Labute approximate surface area is 173 Å². The molecule has 1 aromatic carbocycles. The summed E-state index contributed by atoms with van der Waals surface area (Å²) >= 11 is 0. The molecule has 0 unspecified atom stereocenters. The Kier molecular flexibility index (Phi) is 7.55. The second-order valence-corrected chi connectivity index (χ2v) is 7.78. The summed E-state index contributed by atoms with van der Waals surface area (Å²) in [4.78, 5) is 29.3. The number of carbonyl (C=O) groups excluding carboxylic acids is 2. The van der Waals surface area contributed by atoms with E-state index in [2.05, 4.69) is 0 Å². The second-order valence-electron chi connectivity index (χ2n) is 7.78. The molecule has 29 heavy (non-hydrogen) atoms. The number of hydrogen-bond acceptors (Lipinski definition) is 4. The standard InChI is InChI=1S/C23H32N2O4/c1-28-20-9-7-18(21(17-20)29-2)8-10-22(26)24-15-11-19(12-16-24)23(27)25-13-5-3-4-6-14-25/h7-10,17,19H,3-6,11-16H2,1-2H3/b10-8+. The van der Waals surface area contributed by atoms with E-state index in [0.717, 1.165) is 44.3 Å². The largest absolute Gasteiger partial charge is 0.497 e. The van der Waals surface area contributed by atoms with Gasteiger partial charge in [0.25, 0.3) is 0 Å². The maximum absolute atomic E-state index is 12.8. The molecule has 2 amide bonds. The quantitative estimate of drug-likeness (QED) is 0.711. The fraction of sp³-hybridized carbons (Fsp3) is 0.565. The van der Waals surface area contributed by atoms with E-state index in [4.69, 9.17) is 9.47 Å². The van der Waals surface area contributed by atoms with Gasteiger partial charge in [-0.2, -0.15) is 0 Å². The zero-order chi connectivity index (χ0) is 20.6. The van der Waals surface area contributed by atoms with Gasteiger partial charge in [0, 0.05) is 49.8 Å². The lowest BCUT2D eigenvalue weighted by Gasteiger charge is -2.33. The molecule has 2 saturated heterocycles. The van der Waals surface area contributed by atoms with E-state index in [1.165, 1.54) is 12.8 Å². The Bertz CT molecular complexity index is 730. The Morgan fingerprint density at radius 3 is 2.24 bits per heavy atom. The molecule has 2 aliphatic rings. The Morgan fingerprint density at radius 1 is 0.931 bits per heavy atom. The third-order valence-electron chi connectivity index (χ3n) is 5.92. The molecule has 0 bridgehead atoms. The van der Waals surface area contributed by atoms with Gasteiger partial charge in [0.15, 0.2) is 0 Å². The molecule has 158 valence electrons. The van der Waals surface area contributed by atoms with E-state index in [0.29, 0.717) is 24.6 Å². The SMILES string of the molecule is COc1ccc(/C=C/C(=O)N2CCC(C(=O)N3CCCCCC3)CC2)c(OC)c1. The molecule has 0 N–H and O–H groups in total. The molecule has 3 rings (SSSR count). The maximum atomic E-state index is 12.8. The molecule has 0 spiro atoms. The van der Waals surface area contributed by atoms with Gasteiger partial charge in [0.2, 0.25) is 11.8 Å². The Morgan fingerprint density at radius 2 is 1.62 bits per heavy atom. The monoisotopic (exact) mass is 400 g/mol. The summed E-state index contributed by atoms with van der Waals surface area (Å²) in [6, 6.07) is 5.50. The van der Waals surface area contributed by atoms with Crippen molar-refractivity contribution < 1.29 is 19.1 Å². The maximum Gasteiger partial charge on any atom is 0.246 e. The van der Waals surface area contributed by atoms with Gasteiger partial charge in [-0.3, -0.25) is 9.59 Å². The summed E-state index contributed by atoms with van der Waals surface area (Å²) < 4.78 is 10.6. The van der Waals surface area contributed by atoms with E-state index in [1.54, 1.807) is 32.4 Å². The molecule has 0 aromatic heterocycles. The fourth-order valence-corrected chi connectivity index (χ4v) is 4.12. The number of amides is 2. The summed E-state index contributed by atoms with van der Waals surface area (Å²) in [5.74, 6) is 1.69. The van der Waals surface area contributed by atoms with E-state index in [9.17, 15) is 9.59 Å².